The number of phenolic OH excluding ortho intramolecular Hbond substituents is 1. The van der Waals surface area contributed by atoms with Gasteiger partial charge in [-0.15, -0.1) is 0 Å². The van der Waals surface area contributed by atoms with Gasteiger partial charge < -0.3 is 11.0 Å². The molecule has 2 rings (SSSR count). The topological polar surface area (TPSA) is 46.3 Å². The number of benzene rings is 1. The van der Waals surface area contributed by atoms with Gasteiger partial charge in [0.2, 0.25) is 5.89 Å². The largest absolute Gasteiger partial charge is 1.00 e. The van der Waals surface area contributed by atoms with Crippen LogP contribution < -0.4 is 18.9 Å². The molecule has 3 nitrogen and oxygen atoms in total. The van der Waals surface area contributed by atoms with E-state index in [4.69, 9.17) is 16.0 Å². The van der Waals surface area contributed by atoms with Crippen LogP contribution in [0, 0.1) is 0 Å². The van der Waals surface area contributed by atoms with Crippen molar-refractivity contribution >= 4 is 11.6 Å². The van der Waals surface area contributed by atoms with Gasteiger partial charge in [-0.25, -0.2) is 4.98 Å². The molecule has 0 spiro atoms. The Morgan fingerprint density at radius 1 is 1.43 bits per heavy atom. The average Bonchev–Trinajstić information content (AvgIpc) is 2.56. The van der Waals surface area contributed by atoms with E-state index in [-0.39, 0.29) is 26.0 Å². The maximum Gasteiger partial charge on any atom is 1.00 e. The molecule has 0 saturated heterocycles. The normalized spacial score (nSPS) is 9.50. The Morgan fingerprint density at radius 2 is 2.21 bits per heavy atom. The fourth-order valence-electron chi connectivity index (χ4n) is 1.04. The molecule has 0 aliphatic rings. The first kappa shape index (κ1) is 11.2. The third-order valence-electron chi connectivity index (χ3n) is 1.62. The number of aromatic hydroxyl groups is 1. The van der Waals surface area contributed by atoms with E-state index in [0.29, 0.717) is 16.5 Å². The van der Waals surface area contributed by atoms with Crippen molar-refractivity contribution in [3.05, 3.63) is 35.7 Å². The van der Waals surface area contributed by atoms with Crippen LogP contribution in [-0.2, 0) is 0 Å². The summed E-state index contributed by atoms with van der Waals surface area (Å²) in [6.45, 7) is 0. The minimum atomic E-state index is 0. The molecule has 0 aliphatic heterocycles. The molecule has 0 atom stereocenters. The number of nitrogens with zero attached hydrogens (tertiary/aromatic N) is 1. The zero-order valence-corrected chi connectivity index (χ0v) is 8.32. The first-order valence-corrected chi connectivity index (χ1v) is 4.03. The van der Waals surface area contributed by atoms with Gasteiger partial charge in [-0.2, -0.15) is 0 Å². The minimum Gasteiger partial charge on any atom is -1.00 e. The fourth-order valence-corrected chi connectivity index (χ4v) is 1.21. The Bertz CT molecular complexity index is 422. The van der Waals surface area contributed by atoms with E-state index in [1.54, 1.807) is 12.1 Å². The van der Waals surface area contributed by atoms with E-state index < -0.39 is 0 Å². The Labute approximate surface area is 99.4 Å². The molecule has 0 unspecified atom stereocenters. The molecule has 14 heavy (non-hydrogen) atoms. The maximum atomic E-state index is 9.48. The summed E-state index contributed by atoms with van der Waals surface area (Å²) in [5.41, 5.74) is 0.536. The molecule has 0 fully saturated rings. The van der Waals surface area contributed by atoms with E-state index >= 15 is 0 Å². The summed E-state index contributed by atoms with van der Waals surface area (Å²) in [5, 5.41) is 9.96. The van der Waals surface area contributed by atoms with E-state index in [2.05, 4.69) is 4.98 Å². The maximum absolute atomic E-state index is 9.48. The molecule has 0 amide bonds. The Morgan fingerprint density at radius 3 is 2.79 bits per heavy atom. The second-order valence-electron chi connectivity index (χ2n) is 2.50. The minimum absolute atomic E-state index is 0. The van der Waals surface area contributed by atoms with E-state index in [1.165, 1.54) is 18.5 Å². The zero-order chi connectivity index (χ0) is 9.26. The average molecular weight is 204 g/mol. The monoisotopic (exact) mass is 203 g/mol. The molecule has 68 valence electrons. The molecule has 2 aromatic rings. The van der Waals surface area contributed by atoms with Crippen LogP contribution in [0.3, 0.4) is 0 Å². The fraction of sp³-hybridized carbons (Fsp3) is 0. The van der Waals surface area contributed by atoms with Gasteiger partial charge in [-0.3, -0.25) is 0 Å². The van der Waals surface area contributed by atoms with Gasteiger partial charge in [0.25, 0.3) is 0 Å². The summed E-state index contributed by atoms with van der Waals surface area (Å²) < 4.78 is 5.03. The second-order valence-corrected chi connectivity index (χ2v) is 2.94. The van der Waals surface area contributed by atoms with Crippen LogP contribution >= 0.6 is 11.6 Å². The van der Waals surface area contributed by atoms with Crippen LogP contribution in [0.25, 0.3) is 11.5 Å². The van der Waals surface area contributed by atoms with Crippen LogP contribution in [0.5, 0.6) is 5.75 Å². The Balaban J connectivity index is 0.000000980. The molecule has 0 saturated carbocycles. The summed E-state index contributed by atoms with van der Waals surface area (Å²) in [6, 6.07) is 4.77. The molecule has 1 aromatic carbocycles. The molecule has 1 aromatic heterocycles. The van der Waals surface area contributed by atoms with Crippen LogP contribution in [-0.4, -0.2) is 10.1 Å². The smallest absolute Gasteiger partial charge is 1.00 e. The molecular formula is C9H7ClLiNO2. The van der Waals surface area contributed by atoms with Gasteiger partial charge in [-0.1, -0.05) is 11.6 Å². The first-order valence-electron chi connectivity index (χ1n) is 3.66. The Hall–Kier alpha value is -0.883. The molecule has 0 aliphatic carbocycles. The zero-order valence-electron chi connectivity index (χ0n) is 8.57. The van der Waals surface area contributed by atoms with E-state index in [1.807, 2.05) is 0 Å². The first-order chi connectivity index (χ1) is 6.27. The molecular weight excluding hydrogens is 196 g/mol. The molecule has 0 radical (unpaired) electrons. The standard InChI is InChI=1S/C9H6ClNO2.Li.H/c10-6-1-2-7(8(12)5-6)9-11-3-4-13-9;;/h1-5,12H;;/q;+1;-1. The number of rotatable bonds is 1. The quantitative estimate of drug-likeness (QED) is 0.654. The number of hydrogen-bond donors (Lipinski definition) is 1. The van der Waals surface area contributed by atoms with Gasteiger partial charge in [0.1, 0.15) is 12.0 Å². The van der Waals surface area contributed by atoms with Crippen molar-refractivity contribution in [3.63, 3.8) is 0 Å². The van der Waals surface area contributed by atoms with Crippen LogP contribution in [0.4, 0.5) is 0 Å². The number of oxazole rings is 1. The van der Waals surface area contributed by atoms with Crippen molar-refractivity contribution in [1.29, 1.82) is 0 Å². The Kier molecular flexibility index (Phi) is 3.65. The van der Waals surface area contributed by atoms with Crippen molar-refractivity contribution in [2.45, 2.75) is 0 Å². The van der Waals surface area contributed by atoms with Gasteiger partial charge in [0.05, 0.1) is 11.8 Å². The number of phenols is 1. The third-order valence-corrected chi connectivity index (χ3v) is 1.86. The van der Waals surface area contributed by atoms with Crippen molar-refractivity contribution in [1.82, 2.24) is 4.98 Å². The van der Waals surface area contributed by atoms with E-state index in [9.17, 15) is 5.11 Å². The van der Waals surface area contributed by atoms with Crippen molar-refractivity contribution in [2.24, 2.45) is 0 Å². The van der Waals surface area contributed by atoms with Crippen molar-refractivity contribution in [3.8, 4) is 17.2 Å². The van der Waals surface area contributed by atoms with Gasteiger partial charge in [0, 0.05) is 5.02 Å². The van der Waals surface area contributed by atoms with Crippen molar-refractivity contribution in [2.75, 3.05) is 0 Å². The van der Waals surface area contributed by atoms with Gasteiger partial charge >= 0.3 is 18.9 Å². The molecule has 1 heterocycles. The third kappa shape index (κ3) is 2.13. The summed E-state index contributed by atoms with van der Waals surface area (Å²) in [6.07, 6.45) is 2.97. The molecule has 0 bridgehead atoms. The predicted molar refractivity (Wildman–Crippen MR) is 49.7 cm³/mol. The summed E-state index contributed by atoms with van der Waals surface area (Å²) in [7, 11) is 0. The predicted octanol–water partition coefficient (Wildman–Crippen LogP) is -0.183. The number of hydrogen-bond acceptors (Lipinski definition) is 3. The molecule has 1 N–H and O–H groups in total. The SMILES string of the molecule is Oc1cc(Cl)ccc1-c1ncco1.[H-].[Li+]. The number of halogens is 1. The number of aromatic nitrogens is 1. The van der Waals surface area contributed by atoms with E-state index in [0.717, 1.165) is 0 Å². The van der Waals surface area contributed by atoms with Gasteiger partial charge in [0.15, 0.2) is 0 Å². The second kappa shape index (κ2) is 4.56. The van der Waals surface area contributed by atoms with Crippen molar-refractivity contribution < 1.29 is 29.8 Å². The summed E-state index contributed by atoms with van der Waals surface area (Å²) in [5.74, 6) is 0.448. The van der Waals surface area contributed by atoms with Gasteiger partial charge in [-0.05, 0) is 18.2 Å². The summed E-state index contributed by atoms with van der Waals surface area (Å²) >= 11 is 5.67. The van der Waals surface area contributed by atoms with Crippen LogP contribution in [0.1, 0.15) is 1.43 Å². The van der Waals surface area contributed by atoms with Crippen LogP contribution in [0.15, 0.2) is 35.1 Å². The summed E-state index contributed by atoms with van der Waals surface area (Å²) in [4.78, 5) is 3.91. The molecule has 5 heteroatoms. The van der Waals surface area contributed by atoms with Crippen LogP contribution in [0.2, 0.25) is 5.02 Å².